The summed E-state index contributed by atoms with van der Waals surface area (Å²) in [4.78, 5) is 11.1. The number of morpholine rings is 1. The zero-order valence-corrected chi connectivity index (χ0v) is 9.17. The molecule has 2 rings (SSSR count). The summed E-state index contributed by atoms with van der Waals surface area (Å²) in [6.45, 7) is 6.99. The van der Waals surface area contributed by atoms with Crippen LogP contribution < -0.4 is 5.32 Å². The molecule has 80 valence electrons. The van der Waals surface area contributed by atoms with E-state index in [4.69, 9.17) is 4.74 Å². The van der Waals surface area contributed by atoms with Gasteiger partial charge in [0.05, 0.1) is 12.1 Å². The van der Waals surface area contributed by atoms with Gasteiger partial charge in [-0.15, -0.1) is 0 Å². The Labute approximate surface area is 85.2 Å². The predicted molar refractivity (Wildman–Crippen MR) is 53.8 cm³/mol. The molecule has 3 heteroatoms. The minimum Gasteiger partial charge on any atom is -0.366 e. The lowest BCUT2D eigenvalue weighted by Crippen LogP contribution is -2.52. The van der Waals surface area contributed by atoms with E-state index in [1.165, 1.54) is 6.42 Å². The van der Waals surface area contributed by atoms with Gasteiger partial charge in [-0.2, -0.15) is 0 Å². The van der Waals surface area contributed by atoms with Crippen LogP contribution in [0.1, 0.15) is 33.6 Å². The zero-order chi connectivity index (χ0) is 10.3. The van der Waals surface area contributed by atoms with E-state index in [2.05, 4.69) is 26.1 Å². The second-order valence-corrected chi connectivity index (χ2v) is 5.50. The van der Waals surface area contributed by atoms with E-state index in [9.17, 15) is 4.79 Å². The fraction of sp³-hybridized carbons (Fsp3) is 0.909. The molecular formula is C11H19NO2. The Morgan fingerprint density at radius 3 is 2.71 bits per heavy atom. The largest absolute Gasteiger partial charge is 0.366 e. The molecule has 0 radical (unpaired) electrons. The van der Waals surface area contributed by atoms with E-state index in [1.54, 1.807) is 0 Å². The molecule has 0 bridgehead atoms. The van der Waals surface area contributed by atoms with Crippen LogP contribution in [-0.4, -0.2) is 24.7 Å². The van der Waals surface area contributed by atoms with Crippen LogP contribution in [0.15, 0.2) is 0 Å². The summed E-state index contributed by atoms with van der Waals surface area (Å²) < 4.78 is 5.64. The van der Waals surface area contributed by atoms with Gasteiger partial charge in [-0.05, 0) is 24.2 Å². The third kappa shape index (κ3) is 1.65. The first kappa shape index (κ1) is 9.97. The van der Waals surface area contributed by atoms with Gasteiger partial charge in [0.2, 0.25) is 5.91 Å². The van der Waals surface area contributed by atoms with Gasteiger partial charge in [0, 0.05) is 0 Å². The first-order valence-corrected chi connectivity index (χ1v) is 5.39. The molecule has 1 saturated carbocycles. The second kappa shape index (κ2) is 3.23. The van der Waals surface area contributed by atoms with Gasteiger partial charge in [-0.25, -0.2) is 0 Å². The maximum absolute atomic E-state index is 11.1. The van der Waals surface area contributed by atoms with Crippen molar-refractivity contribution in [3.05, 3.63) is 0 Å². The lowest BCUT2D eigenvalue weighted by Gasteiger charge is -2.36. The number of carbonyl (C=O) groups excluding carboxylic acids is 1. The summed E-state index contributed by atoms with van der Waals surface area (Å²) in [5.74, 6) is 0.619. The summed E-state index contributed by atoms with van der Waals surface area (Å²) in [5, 5.41) is 3.02. The highest BCUT2D eigenvalue weighted by atomic mass is 16.5. The minimum absolute atomic E-state index is 0.0424. The van der Waals surface area contributed by atoms with E-state index in [0.717, 1.165) is 6.42 Å². The van der Waals surface area contributed by atoms with Crippen LogP contribution in [0.2, 0.25) is 0 Å². The fourth-order valence-corrected chi connectivity index (χ4v) is 2.70. The Morgan fingerprint density at radius 1 is 1.36 bits per heavy atom. The van der Waals surface area contributed by atoms with E-state index in [0.29, 0.717) is 5.92 Å². The van der Waals surface area contributed by atoms with Crippen molar-refractivity contribution < 1.29 is 9.53 Å². The Balaban J connectivity index is 2.09. The quantitative estimate of drug-likeness (QED) is 0.636. The van der Waals surface area contributed by atoms with Crippen LogP contribution in [0.25, 0.3) is 0 Å². The van der Waals surface area contributed by atoms with Crippen LogP contribution in [0.4, 0.5) is 0 Å². The normalized spacial score (nSPS) is 37.9. The third-order valence-electron chi connectivity index (χ3n) is 3.45. The van der Waals surface area contributed by atoms with Gasteiger partial charge in [-0.1, -0.05) is 20.8 Å². The smallest absolute Gasteiger partial charge is 0.246 e. The van der Waals surface area contributed by atoms with Crippen LogP contribution in [-0.2, 0) is 9.53 Å². The summed E-state index contributed by atoms with van der Waals surface area (Å²) in [7, 11) is 0. The Morgan fingerprint density at radius 2 is 2.07 bits per heavy atom. The SMILES string of the molecule is CC(C)(C)C1CCC2NC(=O)COC21. The maximum Gasteiger partial charge on any atom is 0.246 e. The number of carbonyl (C=O) groups is 1. The molecular weight excluding hydrogens is 178 g/mol. The number of hydrogen-bond donors (Lipinski definition) is 1. The van der Waals surface area contributed by atoms with Crippen molar-refractivity contribution in [2.24, 2.45) is 11.3 Å². The Hall–Kier alpha value is -0.570. The number of fused-ring (bicyclic) bond motifs is 1. The van der Waals surface area contributed by atoms with E-state index in [-0.39, 0.29) is 30.1 Å². The van der Waals surface area contributed by atoms with Crippen molar-refractivity contribution in [2.45, 2.75) is 45.8 Å². The second-order valence-electron chi connectivity index (χ2n) is 5.50. The van der Waals surface area contributed by atoms with Gasteiger partial charge in [0.15, 0.2) is 0 Å². The monoisotopic (exact) mass is 197 g/mol. The van der Waals surface area contributed by atoms with Crippen LogP contribution in [0, 0.1) is 11.3 Å². The molecule has 3 nitrogen and oxygen atoms in total. The number of ether oxygens (including phenoxy) is 1. The van der Waals surface area contributed by atoms with Crippen molar-refractivity contribution >= 4 is 5.91 Å². The highest BCUT2D eigenvalue weighted by molar-refractivity contribution is 5.78. The lowest BCUT2D eigenvalue weighted by molar-refractivity contribution is -0.139. The average molecular weight is 197 g/mol. The molecule has 2 aliphatic rings. The summed E-state index contributed by atoms with van der Waals surface area (Å²) in [5.41, 5.74) is 0.279. The number of hydrogen-bond acceptors (Lipinski definition) is 2. The molecule has 3 atom stereocenters. The van der Waals surface area contributed by atoms with Crippen molar-refractivity contribution in [2.75, 3.05) is 6.61 Å². The van der Waals surface area contributed by atoms with Crippen molar-refractivity contribution in [1.82, 2.24) is 5.32 Å². The van der Waals surface area contributed by atoms with Gasteiger partial charge in [0.25, 0.3) is 0 Å². The van der Waals surface area contributed by atoms with Crippen molar-refractivity contribution in [1.29, 1.82) is 0 Å². The molecule has 1 aliphatic heterocycles. The topological polar surface area (TPSA) is 38.3 Å². The maximum atomic E-state index is 11.1. The van der Waals surface area contributed by atoms with Crippen LogP contribution >= 0.6 is 0 Å². The molecule has 0 aromatic carbocycles. The molecule has 0 aromatic heterocycles. The fourth-order valence-electron chi connectivity index (χ4n) is 2.70. The summed E-state index contributed by atoms with van der Waals surface area (Å²) in [6.07, 6.45) is 2.48. The molecule has 1 aliphatic carbocycles. The standard InChI is InChI=1S/C11H19NO2/c1-11(2,3)7-4-5-8-10(7)14-6-9(13)12-8/h7-8,10H,4-6H2,1-3H3,(H,12,13). The lowest BCUT2D eigenvalue weighted by atomic mass is 9.78. The summed E-state index contributed by atoms with van der Waals surface area (Å²) in [6, 6.07) is 0.264. The van der Waals surface area contributed by atoms with Gasteiger partial charge < -0.3 is 10.1 Å². The molecule has 1 heterocycles. The summed E-state index contributed by atoms with van der Waals surface area (Å²) >= 11 is 0. The number of amides is 1. The molecule has 2 fully saturated rings. The number of nitrogens with one attached hydrogen (secondary N) is 1. The Bertz CT molecular complexity index is 244. The molecule has 3 unspecified atom stereocenters. The Kier molecular flexibility index (Phi) is 2.30. The predicted octanol–water partition coefficient (Wildman–Crippen LogP) is 1.33. The highest BCUT2D eigenvalue weighted by Crippen LogP contribution is 2.41. The van der Waals surface area contributed by atoms with Gasteiger partial charge >= 0.3 is 0 Å². The molecule has 14 heavy (non-hydrogen) atoms. The molecule has 1 N–H and O–H groups in total. The third-order valence-corrected chi connectivity index (χ3v) is 3.45. The number of rotatable bonds is 0. The van der Waals surface area contributed by atoms with Crippen molar-refractivity contribution in [3.63, 3.8) is 0 Å². The highest BCUT2D eigenvalue weighted by Gasteiger charge is 2.45. The van der Waals surface area contributed by atoms with Gasteiger partial charge in [0.1, 0.15) is 6.61 Å². The first-order chi connectivity index (χ1) is 6.48. The van der Waals surface area contributed by atoms with E-state index < -0.39 is 0 Å². The average Bonchev–Trinajstić information content (AvgIpc) is 2.45. The van der Waals surface area contributed by atoms with E-state index >= 15 is 0 Å². The first-order valence-electron chi connectivity index (χ1n) is 5.39. The van der Waals surface area contributed by atoms with E-state index in [1.807, 2.05) is 0 Å². The van der Waals surface area contributed by atoms with Crippen LogP contribution in [0.5, 0.6) is 0 Å². The molecule has 1 amide bonds. The zero-order valence-electron chi connectivity index (χ0n) is 9.17. The van der Waals surface area contributed by atoms with Crippen molar-refractivity contribution in [3.8, 4) is 0 Å². The molecule has 0 spiro atoms. The van der Waals surface area contributed by atoms with Crippen LogP contribution in [0.3, 0.4) is 0 Å². The minimum atomic E-state index is 0.0424. The molecule has 0 aromatic rings. The van der Waals surface area contributed by atoms with Gasteiger partial charge in [-0.3, -0.25) is 4.79 Å². The molecule has 1 saturated heterocycles.